The number of carboxylic acid groups (broad SMARTS) is 1. The van der Waals surface area contributed by atoms with Gasteiger partial charge in [0.1, 0.15) is 5.60 Å². The lowest BCUT2D eigenvalue weighted by Gasteiger charge is -2.33. The van der Waals surface area contributed by atoms with E-state index in [2.05, 4.69) is 5.32 Å². The molecule has 2 amide bonds. The molecule has 22 heavy (non-hydrogen) atoms. The number of carbonyl (C=O) groups is 3. The van der Waals surface area contributed by atoms with Gasteiger partial charge in [-0.2, -0.15) is 0 Å². The number of nitrogens with zero attached hydrogens (tertiary/aromatic N) is 1. The van der Waals surface area contributed by atoms with Gasteiger partial charge in [0.2, 0.25) is 5.91 Å². The van der Waals surface area contributed by atoms with Gasteiger partial charge in [-0.1, -0.05) is 6.92 Å². The van der Waals surface area contributed by atoms with Crippen molar-refractivity contribution in [2.75, 3.05) is 13.1 Å². The van der Waals surface area contributed by atoms with E-state index < -0.39 is 23.7 Å². The fourth-order valence-electron chi connectivity index (χ4n) is 2.34. The number of nitrogens with one attached hydrogen (secondary N) is 1. The number of ether oxygens (including phenoxy) is 1. The molecule has 0 saturated carbocycles. The highest BCUT2D eigenvalue weighted by Crippen LogP contribution is 2.18. The summed E-state index contributed by atoms with van der Waals surface area (Å²) in [5, 5.41) is 11.5. The topological polar surface area (TPSA) is 95.9 Å². The first-order chi connectivity index (χ1) is 10.1. The Morgan fingerprint density at radius 3 is 2.59 bits per heavy atom. The lowest BCUT2D eigenvalue weighted by molar-refractivity contribution is -0.139. The molecule has 0 radical (unpaired) electrons. The molecule has 0 bridgehead atoms. The molecule has 1 heterocycles. The van der Waals surface area contributed by atoms with Crippen molar-refractivity contribution in [1.82, 2.24) is 10.2 Å². The van der Waals surface area contributed by atoms with Crippen molar-refractivity contribution >= 4 is 18.0 Å². The number of amides is 2. The Morgan fingerprint density at radius 1 is 1.45 bits per heavy atom. The molecule has 1 aliphatic rings. The van der Waals surface area contributed by atoms with Crippen molar-refractivity contribution in [2.24, 2.45) is 5.92 Å². The van der Waals surface area contributed by atoms with Crippen molar-refractivity contribution in [1.29, 1.82) is 0 Å². The molecule has 0 aromatic carbocycles. The Labute approximate surface area is 131 Å². The zero-order valence-electron chi connectivity index (χ0n) is 13.7. The molecule has 1 aliphatic heterocycles. The summed E-state index contributed by atoms with van der Waals surface area (Å²) >= 11 is 0. The average molecular weight is 314 g/mol. The minimum atomic E-state index is -1.03. The number of piperidine rings is 1. The van der Waals surface area contributed by atoms with Gasteiger partial charge in [0, 0.05) is 19.5 Å². The molecule has 126 valence electrons. The first kappa shape index (κ1) is 18.3. The Kier molecular flexibility index (Phi) is 6.20. The molecule has 0 aromatic rings. The summed E-state index contributed by atoms with van der Waals surface area (Å²) < 4.78 is 5.14. The summed E-state index contributed by atoms with van der Waals surface area (Å²) in [6, 6.07) is -0.662. The zero-order chi connectivity index (χ0) is 16.9. The van der Waals surface area contributed by atoms with Crippen LogP contribution >= 0.6 is 0 Å². The Balaban J connectivity index is 2.62. The maximum Gasteiger partial charge on any atom is 0.407 e. The molecule has 2 N–H and O–H groups in total. The van der Waals surface area contributed by atoms with Crippen LogP contribution in [-0.2, 0) is 14.3 Å². The van der Waals surface area contributed by atoms with Crippen molar-refractivity contribution in [2.45, 2.75) is 58.6 Å². The van der Waals surface area contributed by atoms with Crippen molar-refractivity contribution in [3.63, 3.8) is 0 Å². The number of hydrogen-bond acceptors (Lipinski definition) is 4. The van der Waals surface area contributed by atoms with Crippen LogP contribution in [0.25, 0.3) is 0 Å². The van der Waals surface area contributed by atoms with E-state index in [1.165, 1.54) is 0 Å². The molecule has 1 rings (SSSR count). The Morgan fingerprint density at radius 2 is 2.09 bits per heavy atom. The van der Waals surface area contributed by atoms with E-state index in [4.69, 9.17) is 9.84 Å². The monoisotopic (exact) mass is 314 g/mol. The van der Waals surface area contributed by atoms with Crippen LogP contribution < -0.4 is 5.32 Å². The molecule has 0 aliphatic carbocycles. The number of alkyl carbamates (subject to hydrolysis) is 1. The van der Waals surface area contributed by atoms with E-state index in [0.29, 0.717) is 18.9 Å². The first-order valence-electron chi connectivity index (χ1n) is 7.56. The summed E-state index contributed by atoms with van der Waals surface area (Å²) in [7, 11) is 0. The van der Waals surface area contributed by atoms with Crippen LogP contribution in [0.3, 0.4) is 0 Å². The minimum Gasteiger partial charge on any atom is -0.481 e. The molecular formula is C15H26N2O5. The molecular weight excluding hydrogens is 288 g/mol. The molecule has 2 atom stereocenters. The van der Waals surface area contributed by atoms with Gasteiger partial charge in [0.25, 0.3) is 0 Å². The summed E-state index contributed by atoms with van der Waals surface area (Å²) in [4.78, 5) is 36.3. The van der Waals surface area contributed by atoms with Gasteiger partial charge in [-0.3, -0.25) is 9.59 Å². The quantitative estimate of drug-likeness (QED) is 0.804. The zero-order valence-corrected chi connectivity index (χ0v) is 13.7. The molecule has 1 fully saturated rings. The molecule has 1 unspecified atom stereocenters. The number of carbonyl (C=O) groups excluding carboxylic acids is 2. The van der Waals surface area contributed by atoms with Gasteiger partial charge in [0.05, 0.1) is 12.5 Å². The van der Waals surface area contributed by atoms with Crippen molar-refractivity contribution in [3.8, 4) is 0 Å². The van der Waals surface area contributed by atoms with Gasteiger partial charge in [-0.05, 0) is 33.1 Å². The fourth-order valence-corrected chi connectivity index (χ4v) is 2.34. The standard InChI is InChI=1S/C15H26N2O5/c1-10-5-6-17(12(18)7-10)9-11(8-13(19)20)16-14(21)22-15(2,3)4/h10-11H,5-9H2,1-4H3,(H,16,21)(H,19,20)/t10?,11-/m0/s1. The van der Waals surface area contributed by atoms with Gasteiger partial charge in [-0.25, -0.2) is 4.79 Å². The number of aliphatic carboxylic acids is 1. The predicted molar refractivity (Wildman–Crippen MR) is 80.4 cm³/mol. The fraction of sp³-hybridized carbons (Fsp3) is 0.800. The van der Waals surface area contributed by atoms with E-state index >= 15 is 0 Å². The van der Waals surface area contributed by atoms with Gasteiger partial charge in [-0.15, -0.1) is 0 Å². The summed E-state index contributed by atoms with van der Waals surface area (Å²) in [6.45, 7) is 7.99. The third-order valence-corrected chi connectivity index (χ3v) is 3.35. The summed E-state index contributed by atoms with van der Waals surface area (Å²) in [5.74, 6) is -0.681. The largest absolute Gasteiger partial charge is 0.481 e. The van der Waals surface area contributed by atoms with Crippen LogP contribution in [-0.4, -0.2) is 52.7 Å². The SMILES string of the molecule is CC1CCN(C[C@H](CC(=O)O)NC(=O)OC(C)(C)C)C(=O)C1. The number of carboxylic acids is 1. The highest BCUT2D eigenvalue weighted by molar-refractivity contribution is 5.77. The lowest BCUT2D eigenvalue weighted by Crippen LogP contribution is -2.49. The maximum atomic E-state index is 12.0. The third-order valence-electron chi connectivity index (χ3n) is 3.35. The second kappa shape index (κ2) is 7.47. The Bertz CT molecular complexity index is 430. The third kappa shape index (κ3) is 6.78. The van der Waals surface area contributed by atoms with Crippen LogP contribution in [0.15, 0.2) is 0 Å². The maximum absolute atomic E-state index is 12.0. The first-order valence-corrected chi connectivity index (χ1v) is 7.56. The normalized spacial score (nSPS) is 20.5. The van der Waals surface area contributed by atoms with Gasteiger partial charge in [0.15, 0.2) is 0 Å². The minimum absolute atomic E-state index is 0.000118. The number of hydrogen-bond donors (Lipinski definition) is 2. The second-order valence-electron chi connectivity index (χ2n) is 6.88. The predicted octanol–water partition coefficient (Wildman–Crippen LogP) is 1.61. The smallest absolute Gasteiger partial charge is 0.407 e. The van der Waals surface area contributed by atoms with E-state index in [1.54, 1.807) is 25.7 Å². The second-order valence-corrected chi connectivity index (χ2v) is 6.88. The van der Waals surface area contributed by atoms with Gasteiger partial charge < -0.3 is 20.1 Å². The van der Waals surface area contributed by atoms with E-state index in [9.17, 15) is 14.4 Å². The molecule has 0 spiro atoms. The van der Waals surface area contributed by atoms with E-state index in [1.807, 2.05) is 6.92 Å². The summed E-state index contributed by atoms with van der Waals surface area (Å²) in [5.41, 5.74) is -0.658. The van der Waals surface area contributed by atoms with E-state index in [-0.39, 0.29) is 18.9 Å². The lowest BCUT2D eigenvalue weighted by atomic mass is 9.98. The number of rotatable bonds is 5. The highest BCUT2D eigenvalue weighted by Gasteiger charge is 2.28. The van der Waals surface area contributed by atoms with Crippen molar-refractivity contribution < 1.29 is 24.2 Å². The molecule has 0 aromatic heterocycles. The summed E-state index contributed by atoms with van der Waals surface area (Å²) in [6.07, 6.45) is 0.430. The van der Waals surface area contributed by atoms with Crippen molar-refractivity contribution in [3.05, 3.63) is 0 Å². The Hall–Kier alpha value is -1.79. The number of likely N-dealkylation sites (tertiary alicyclic amines) is 1. The highest BCUT2D eigenvalue weighted by atomic mass is 16.6. The van der Waals surface area contributed by atoms with E-state index in [0.717, 1.165) is 6.42 Å². The molecule has 7 nitrogen and oxygen atoms in total. The van der Waals surface area contributed by atoms with Gasteiger partial charge >= 0.3 is 12.1 Å². The molecule has 7 heteroatoms. The van der Waals surface area contributed by atoms with Crippen LogP contribution in [0.2, 0.25) is 0 Å². The van der Waals surface area contributed by atoms with Crippen LogP contribution in [0.5, 0.6) is 0 Å². The van der Waals surface area contributed by atoms with Crippen LogP contribution in [0.4, 0.5) is 4.79 Å². The van der Waals surface area contributed by atoms with Crippen LogP contribution in [0, 0.1) is 5.92 Å². The van der Waals surface area contributed by atoms with Crippen LogP contribution in [0.1, 0.15) is 47.0 Å². The molecule has 1 saturated heterocycles. The average Bonchev–Trinajstić information content (AvgIpc) is 2.29.